The Balaban J connectivity index is 1.85. The summed E-state index contributed by atoms with van der Waals surface area (Å²) >= 11 is 0. The van der Waals surface area contributed by atoms with E-state index in [2.05, 4.69) is 47.8 Å². The van der Waals surface area contributed by atoms with Gasteiger partial charge in [-0.3, -0.25) is 14.4 Å². The third-order valence-corrected chi connectivity index (χ3v) is 10.5. The second-order valence-corrected chi connectivity index (χ2v) is 15.3. The molecule has 9 nitrogen and oxygen atoms in total. The molecule has 3 amide bonds. The number of carbonyl (C=O) groups is 3. The number of fused-ring (bicyclic) bond motifs is 1. The van der Waals surface area contributed by atoms with E-state index in [0.717, 1.165) is 0 Å². The van der Waals surface area contributed by atoms with Gasteiger partial charge < -0.3 is 29.3 Å². The molecule has 1 aromatic rings. The minimum absolute atomic E-state index is 0.0756. The van der Waals surface area contributed by atoms with Gasteiger partial charge in [-0.25, -0.2) is 0 Å². The fourth-order valence-electron chi connectivity index (χ4n) is 8.93. The molecule has 0 aromatic heterocycles. The van der Waals surface area contributed by atoms with Crippen LogP contribution in [0, 0.1) is 17.3 Å². The highest BCUT2D eigenvalue weighted by atomic mass is 16.5. The summed E-state index contributed by atoms with van der Waals surface area (Å²) in [7, 11) is 0. The molecule has 0 aliphatic carbocycles. The maximum Gasteiger partial charge on any atom is 0.249 e. The van der Waals surface area contributed by atoms with Gasteiger partial charge in [-0.15, -0.1) is 13.2 Å². The topological polar surface area (TPSA) is 99.6 Å². The van der Waals surface area contributed by atoms with Crippen molar-refractivity contribution in [2.45, 2.75) is 116 Å². The maximum absolute atomic E-state index is 15.1. The summed E-state index contributed by atoms with van der Waals surface area (Å²) in [5.41, 5.74) is -2.09. The van der Waals surface area contributed by atoms with Gasteiger partial charge in [0.05, 0.1) is 36.7 Å². The molecule has 3 aliphatic rings. The summed E-state index contributed by atoms with van der Waals surface area (Å²) < 4.78 is 12.7. The SMILES string of the molecule is C=CCN(C(=O)[C@@H]1[C@H]2C(=O)N([C@@H](CC)CO)C(C(=O)N(CC=C)C(C)(C)CC(C)(C)C)C23CC[C@@]1(CC)O3)c1ccc(OCC)cc1. The van der Waals surface area contributed by atoms with Crippen LogP contribution in [0.4, 0.5) is 5.69 Å². The lowest BCUT2D eigenvalue weighted by Gasteiger charge is -2.46. The Hall–Kier alpha value is -3.17. The molecule has 1 spiro atoms. The molecule has 1 aromatic carbocycles. The van der Waals surface area contributed by atoms with Crippen LogP contribution in [0.3, 0.4) is 0 Å². The van der Waals surface area contributed by atoms with Crippen LogP contribution in [-0.2, 0) is 19.1 Å². The lowest BCUT2D eigenvalue weighted by molar-refractivity contribution is -0.160. The number of nitrogens with zero attached hydrogens (tertiary/aromatic N) is 3. The van der Waals surface area contributed by atoms with Gasteiger partial charge in [0.15, 0.2) is 0 Å². The van der Waals surface area contributed by atoms with E-state index < -0.39 is 40.7 Å². The van der Waals surface area contributed by atoms with Crippen LogP contribution in [-0.4, -0.2) is 87.8 Å². The van der Waals surface area contributed by atoms with Crippen molar-refractivity contribution in [3.8, 4) is 5.75 Å². The average molecular weight is 652 g/mol. The highest BCUT2D eigenvalue weighted by molar-refractivity contribution is 6.03. The van der Waals surface area contributed by atoms with Crippen LogP contribution in [0.5, 0.6) is 5.75 Å². The van der Waals surface area contributed by atoms with E-state index in [0.29, 0.717) is 56.7 Å². The Bertz CT molecular complexity index is 1330. The molecule has 3 aliphatic heterocycles. The number of hydrogen-bond acceptors (Lipinski definition) is 6. The van der Waals surface area contributed by atoms with Crippen LogP contribution in [0.15, 0.2) is 49.6 Å². The highest BCUT2D eigenvalue weighted by Crippen LogP contribution is 2.65. The molecular formula is C38H57N3O6. The van der Waals surface area contributed by atoms with E-state index in [1.807, 2.05) is 49.9 Å². The van der Waals surface area contributed by atoms with Crippen molar-refractivity contribution in [3.05, 3.63) is 49.6 Å². The van der Waals surface area contributed by atoms with Gasteiger partial charge in [0, 0.05) is 24.3 Å². The standard InChI is InChI=1S/C38H57N3O6/c1-11-22-39(27-16-18-28(19-17-27)46-15-5)32(43)29-30-33(44)41(26(13-3)24-42)31(38(30)21-20-37(29,14-4)47-38)34(45)40(23-12-2)36(9,10)25-35(6,7)8/h11-12,16-19,26,29-31,42H,1-2,13-15,20-25H2,3-10H3/t26-,29-,30-,31?,37+,38?/m0/s1. The van der Waals surface area contributed by atoms with E-state index in [1.54, 1.807) is 22.0 Å². The summed E-state index contributed by atoms with van der Waals surface area (Å²) in [6, 6.07) is 5.75. The third-order valence-electron chi connectivity index (χ3n) is 10.5. The van der Waals surface area contributed by atoms with E-state index >= 15 is 4.79 Å². The summed E-state index contributed by atoms with van der Waals surface area (Å²) in [5, 5.41) is 10.6. The minimum atomic E-state index is -1.21. The molecule has 6 atom stereocenters. The second kappa shape index (κ2) is 13.7. The molecule has 3 heterocycles. The van der Waals surface area contributed by atoms with Crippen LogP contribution in [0.25, 0.3) is 0 Å². The number of aliphatic hydroxyl groups is 1. The zero-order chi connectivity index (χ0) is 34.9. The van der Waals surface area contributed by atoms with Crippen molar-refractivity contribution in [2.24, 2.45) is 17.3 Å². The molecule has 1 N–H and O–H groups in total. The average Bonchev–Trinajstić information content (AvgIpc) is 3.62. The third kappa shape index (κ3) is 6.38. The zero-order valence-corrected chi connectivity index (χ0v) is 29.9. The number of ether oxygens (including phenoxy) is 2. The number of likely N-dealkylation sites (tertiary alicyclic amines) is 1. The van der Waals surface area contributed by atoms with Gasteiger partial charge in [0.25, 0.3) is 0 Å². The first-order valence-electron chi connectivity index (χ1n) is 17.3. The molecule has 3 fully saturated rings. The first-order chi connectivity index (χ1) is 22.1. The summed E-state index contributed by atoms with van der Waals surface area (Å²) in [5.74, 6) is -1.73. The lowest BCUT2D eigenvalue weighted by atomic mass is 9.64. The summed E-state index contributed by atoms with van der Waals surface area (Å²) in [6.45, 7) is 25.0. The molecule has 4 rings (SSSR count). The number of aliphatic hydroxyl groups excluding tert-OH is 1. The van der Waals surface area contributed by atoms with Crippen molar-refractivity contribution < 1.29 is 29.0 Å². The molecule has 2 bridgehead atoms. The van der Waals surface area contributed by atoms with Crippen molar-refractivity contribution in [1.82, 2.24) is 9.80 Å². The normalized spacial score (nSPS) is 27.4. The van der Waals surface area contributed by atoms with Crippen molar-refractivity contribution in [1.29, 1.82) is 0 Å². The number of rotatable bonds is 15. The number of benzene rings is 1. The van der Waals surface area contributed by atoms with E-state index in [4.69, 9.17) is 9.47 Å². The van der Waals surface area contributed by atoms with Gasteiger partial charge in [-0.05, 0) is 82.6 Å². The van der Waals surface area contributed by atoms with Crippen molar-refractivity contribution in [2.75, 3.05) is 31.2 Å². The molecule has 0 saturated carbocycles. The summed E-state index contributed by atoms with van der Waals surface area (Å²) in [6.07, 6.45) is 6.11. The number of amides is 3. The zero-order valence-electron chi connectivity index (χ0n) is 29.9. The lowest BCUT2D eigenvalue weighted by Crippen LogP contribution is -2.62. The Kier molecular flexibility index (Phi) is 10.7. The van der Waals surface area contributed by atoms with Crippen LogP contribution >= 0.6 is 0 Å². The molecule has 0 radical (unpaired) electrons. The quantitative estimate of drug-likeness (QED) is 0.242. The predicted molar refractivity (Wildman–Crippen MR) is 185 cm³/mol. The van der Waals surface area contributed by atoms with E-state index in [9.17, 15) is 14.7 Å². The smallest absolute Gasteiger partial charge is 0.249 e. The van der Waals surface area contributed by atoms with E-state index in [-0.39, 0.29) is 36.3 Å². The minimum Gasteiger partial charge on any atom is -0.494 e. The number of carbonyl (C=O) groups excluding carboxylic acids is 3. The first kappa shape index (κ1) is 36.7. The van der Waals surface area contributed by atoms with Gasteiger partial charge in [0.2, 0.25) is 17.7 Å². The Morgan fingerprint density at radius 1 is 1.06 bits per heavy atom. The van der Waals surface area contributed by atoms with Gasteiger partial charge in [-0.1, -0.05) is 46.8 Å². The Morgan fingerprint density at radius 3 is 2.21 bits per heavy atom. The largest absolute Gasteiger partial charge is 0.494 e. The summed E-state index contributed by atoms with van der Waals surface area (Å²) in [4.78, 5) is 49.9. The van der Waals surface area contributed by atoms with Crippen LogP contribution in [0.1, 0.15) is 87.5 Å². The molecule has 2 unspecified atom stereocenters. The fourth-order valence-corrected chi connectivity index (χ4v) is 8.93. The molecule has 47 heavy (non-hydrogen) atoms. The van der Waals surface area contributed by atoms with Crippen molar-refractivity contribution in [3.63, 3.8) is 0 Å². The van der Waals surface area contributed by atoms with Crippen LogP contribution < -0.4 is 9.64 Å². The number of anilines is 1. The molecular weight excluding hydrogens is 594 g/mol. The van der Waals surface area contributed by atoms with Gasteiger partial charge >= 0.3 is 0 Å². The number of hydrogen-bond donors (Lipinski definition) is 1. The van der Waals surface area contributed by atoms with E-state index in [1.165, 1.54) is 0 Å². The van der Waals surface area contributed by atoms with Gasteiger partial charge in [0.1, 0.15) is 17.4 Å². The Labute approximate surface area is 281 Å². The maximum atomic E-state index is 15.1. The monoisotopic (exact) mass is 651 g/mol. The highest BCUT2D eigenvalue weighted by Gasteiger charge is 2.79. The Morgan fingerprint density at radius 2 is 1.70 bits per heavy atom. The molecule has 260 valence electrons. The van der Waals surface area contributed by atoms with Crippen molar-refractivity contribution >= 4 is 23.4 Å². The molecule has 3 saturated heterocycles. The van der Waals surface area contributed by atoms with Crippen LogP contribution in [0.2, 0.25) is 0 Å². The fraction of sp³-hybridized carbons (Fsp3) is 0.658. The first-order valence-corrected chi connectivity index (χ1v) is 17.3. The predicted octanol–water partition coefficient (Wildman–Crippen LogP) is 5.76. The molecule has 9 heteroatoms. The second-order valence-electron chi connectivity index (χ2n) is 15.3. The van der Waals surface area contributed by atoms with Gasteiger partial charge in [-0.2, -0.15) is 0 Å².